The lowest BCUT2D eigenvalue weighted by atomic mass is 10.1. The molecule has 0 atom stereocenters. The van der Waals surface area contributed by atoms with Crippen LogP contribution < -0.4 is 9.64 Å². The highest BCUT2D eigenvalue weighted by Crippen LogP contribution is 2.43. The number of amides is 2. The Hall–Kier alpha value is -2.95. The Kier molecular flexibility index (Phi) is 4.18. The number of anilines is 1. The summed E-state index contributed by atoms with van der Waals surface area (Å²) in [7, 11) is 0. The smallest absolute Gasteiger partial charge is 0.405 e. The van der Waals surface area contributed by atoms with Gasteiger partial charge in [-0.2, -0.15) is 0 Å². The largest absolute Gasteiger partial charge is 0.573 e. The third-order valence-corrected chi connectivity index (χ3v) is 4.07. The van der Waals surface area contributed by atoms with Gasteiger partial charge in [-0.3, -0.25) is 19.7 Å². The lowest BCUT2D eigenvalue weighted by Crippen LogP contribution is -2.30. The van der Waals surface area contributed by atoms with Crippen LogP contribution in [0.3, 0.4) is 0 Å². The van der Waals surface area contributed by atoms with Crippen molar-refractivity contribution in [1.82, 2.24) is 0 Å². The van der Waals surface area contributed by atoms with Crippen LogP contribution in [0.2, 0.25) is 0 Å². The molecule has 3 rings (SSSR count). The molecule has 1 aliphatic heterocycles. The van der Waals surface area contributed by atoms with Crippen LogP contribution in [0.15, 0.2) is 40.9 Å². The SMILES string of the molecule is O=C1c2ccccc2C(=O)N1c1c(Br)cc(OC(F)(F)F)cc1[N+](=O)[O-]. The van der Waals surface area contributed by atoms with Gasteiger partial charge in [-0.1, -0.05) is 12.1 Å². The first kappa shape index (κ1) is 17.9. The van der Waals surface area contributed by atoms with Crippen molar-refractivity contribution in [2.24, 2.45) is 0 Å². The molecule has 0 spiro atoms. The number of carbonyl (C=O) groups is 2. The molecular formula is C15H6BrF3N2O5. The molecule has 0 bridgehead atoms. The highest BCUT2D eigenvalue weighted by atomic mass is 79.9. The number of rotatable bonds is 3. The van der Waals surface area contributed by atoms with Gasteiger partial charge in [0.25, 0.3) is 17.5 Å². The minimum absolute atomic E-state index is 0.0364. The Morgan fingerprint density at radius 3 is 2.08 bits per heavy atom. The van der Waals surface area contributed by atoms with Crippen LogP contribution in [0.25, 0.3) is 0 Å². The van der Waals surface area contributed by atoms with Crippen LogP contribution in [0.1, 0.15) is 20.7 Å². The Morgan fingerprint density at radius 1 is 1.08 bits per heavy atom. The zero-order valence-corrected chi connectivity index (χ0v) is 14.0. The first-order valence-corrected chi connectivity index (χ1v) is 7.61. The molecule has 1 heterocycles. The van der Waals surface area contributed by atoms with E-state index in [9.17, 15) is 32.9 Å². The first-order chi connectivity index (χ1) is 12.1. The summed E-state index contributed by atoms with van der Waals surface area (Å²) in [5.74, 6) is -2.51. The molecule has 0 aromatic heterocycles. The van der Waals surface area contributed by atoms with Crippen LogP contribution >= 0.6 is 15.9 Å². The molecule has 1 aliphatic rings. The summed E-state index contributed by atoms with van der Waals surface area (Å²) >= 11 is 2.89. The molecule has 0 aliphatic carbocycles. The van der Waals surface area contributed by atoms with Crippen molar-refractivity contribution in [2.75, 3.05) is 4.90 Å². The van der Waals surface area contributed by atoms with E-state index in [0.29, 0.717) is 11.0 Å². The Morgan fingerprint density at radius 2 is 1.62 bits per heavy atom. The second-order valence-corrected chi connectivity index (χ2v) is 5.92. The molecule has 2 aromatic rings. The van der Waals surface area contributed by atoms with Gasteiger partial charge < -0.3 is 4.74 Å². The fraction of sp³-hybridized carbons (Fsp3) is 0.0667. The predicted octanol–water partition coefficient (Wildman–Crippen LogP) is 4.06. The third-order valence-electron chi connectivity index (χ3n) is 3.46. The topological polar surface area (TPSA) is 89.8 Å². The molecule has 0 fully saturated rings. The average molecular weight is 431 g/mol. The third kappa shape index (κ3) is 3.01. The predicted molar refractivity (Wildman–Crippen MR) is 85.1 cm³/mol. The summed E-state index contributed by atoms with van der Waals surface area (Å²) < 4.78 is 40.6. The van der Waals surface area contributed by atoms with E-state index in [-0.39, 0.29) is 15.6 Å². The maximum Gasteiger partial charge on any atom is 0.573 e. The van der Waals surface area contributed by atoms with Crippen molar-refractivity contribution in [1.29, 1.82) is 0 Å². The monoisotopic (exact) mass is 430 g/mol. The molecule has 0 saturated heterocycles. The number of nitro groups is 1. The number of benzene rings is 2. The van der Waals surface area contributed by atoms with Gasteiger partial charge in [-0.05, 0) is 34.1 Å². The molecule has 2 amide bonds. The van der Waals surface area contributed by atoms with Gasteiger partial charge in [0.15, 0.2) is 0 Å². The second-order valence-electron chi connectivity index (χ2n) is 5.07. The molecule has 0 N–H and O–H groups in total. The summed E-state index contributed by atoms with van der Waals surface area (Å²) in [5.41, 5.74) is -1.30. The highest BCUT2D eigenvalue weighted by Gasteiger charge is 2.41. The van der Waals surface area contributed by atoms with Crippen LogP contribution in [-0.2, 0) is 0 Å². The number of alkyl halides is 3. The van der Waals surface area contributed by atoms with Gasteiger partial charge >= 0.3 is 6.36 Å². The molecular weight excluding hydrogens is 425 g/mol. The zero-order valence-electron chi connectivity index (χ0n) is 12.4. The van der Waals surface area contributed by atoms with Gasteiger partial charge in [0, 0.05) is 0 Å². The van der Waals surface area contributed by atoms with Gasteiger partial charge in [0.1, 0.15) is 11.4 Å². The number of fused-ring (bicyclic) bond motifs is 1. The molecule has 26 heavy (non-hydrogen) atoms. The van der Waals surface area contributed by atoms with Crippen LogP contribution in [0, 0.1) is 10.1 Å². The van der Waals surface area contributed by atoms with Crippen LogP contribution in [-0.4, -0.2) is 23.1 Å². The van der Waals surface area contributed by atoms with E-state index < -0.39 is 40.2 Å². The van der Waals surface area contributed by atoms with Crippen molar-refractivity contribution < 1.29 is 32.4 Å². The highest BCUT2D eigenvalue weighted by molar-refractivity contribution is 9.10. The molecule has 7 nitrogen and oxygen atoms in total. The summed E-state index contributed by atoms with van der Waals surface area (Å²) in [6.45, 7) is 0. The number of carbonyl (C=O) groups excluding carboxylic acids is 2. The number of hydrogen-bond donors (Lipinski definition) is 0. The maximum atomic E-state index is 12.5. The number of imide groups is 1. The number of halogens is 4. The van der Waals surface area contributed by atoms with Crippen molar-refractivity contribution in [3.8, 4) is 5.75 Å². The van der Waals surface area contributed by atoms with E-state index in [1.807, 2.05) is 0 Å². The van der Waals surface area contributed by atoms with E-state index in [1.54, 1.807) is 0 Å². The lowest BCUT2D eigenvalue weighted by Gasteiger charge is -2.17. The first-order valence-electron chi connectivity index (χ1n) is 6.81. The summed E-state index contributed by atoms with van der Waals surface area (Å²) in [5, 5.41) is 11.3. The fourth-order valence-corrected chi connectivity index (χ4v) is 3.11. The van der Waals surface area contributed by atoms with Crippen molar-refractivity contribution in [2.45, 2.75) is 6.36 Å². The Labute approximate surface area is 151 Å². The van der Waals surface area contributed by atoms with Gasteiger partial charge in [-0.25, -0.2) is 4.90 Å². The van der Waals surface area contributed by atoms with E-state index in [1.165, 1.54) is 24.3 Å². The van der Waals surface area contributed by atoms with Gasteiger partial charge in [0.05, 0.1) is 26.6 Å². The second kappa shape index (κ2) is 6.09. The summed E-state index contributed by atoms with van der Waals surface area (Å²) in [6, 6.07) is 7.05. The number of nitro benzene ring substituents is 1. The van der Waals surface area contributed by atoms with Crippen molar-refractivity contribution >= 4 is 39.1 Å². The van der Waals surface area contributed by atoms with Crippen LogP contribution in [0.5, 0.6) is 5.75 Å². The van der Waals surface area contributed by atoms with Gasteiger partial charge in [0.2, 0.25) is 0 Å². The quantitative estimate of drug-likeness (QED) is 0.416. The van der Waals surface area contributed by atoms with Gasteiger partial charge in [-0.15, -0.1) is 13.2 Å². The molecule has 0 unspecified atom stereocenters. The maximum absolute atomic E-state index is 12.5. The van der Waals surface area contributed by atoms with Crippen molar-refractivity contribution in [3.63, 3.8) is 0 Å². The van der Waals surface area contributed by atoms with E-state index in [2.05, 4.69) is 20.7 Å². The minimum atomic E-state index is -5.07. The molecule has 134 valence electrons. The van der Waals surface area contributed by atoms with E-state index in [4.69, 9.17) is 0 Å². The number of nitrogens with zero attached hydrogens (tertiary/aromatic N) is 2. The number of hydrogen-bond acceptors (Lipinski definition) is 5. The molecule has 2 aromatic carbocycles. The minimum Gasteiger partial charge on any atom is -0.405 e. The van der Waals surface area contributed by atoms with Crippen molar-refractivity contribution in [3.05, 3.63) is 62.1 Å². The summed E-state index contributed by atoms with van der Waals surface area (Å²) in [6.07, 6.45) is -5.07. The summed E-state index contributed by atoms with van der Waals surface area (Å²) in [4.78, 5) is 35.9. The van der Waals surface area contributed by atoms with E-state index in [0.717, 1.165) is 6.07 Å². The lowest BCUT2D eigenvalue weighted by molar-refractivity contribution is -0.384. The Balaban J connectivity index is 2.16. The average Bonchev–Trinajstić information content (AvgIpc) is 2.78. The zero-order chi connectivity index (χ0) is 19.2. The van der Waals surface area contributed by atoms with Crippen LogP contribution in [0.4, 0.5) is 24.5 Å². The molecule has 0 saturated carbocycles. The number of ether oxygens (including phenoxy) is 1. The molecule has 11 heteroatoms. The molecule has 0 radical (unpaired) electrons. The Bertz CT molecular complexity index is 926. The fourth-order valence-electron chi connectivity index (χ4n) is 2.51. The van der Waals surface area contributed by atoms with E-state index >= 15 is 0 Å². The normalized spacial score (nSPS) is 13.8. The standard InChI is InChI=1S/C15H6BrF3N2O5/c16-10-5-7(26-15(17,18)19)6-11(21(24)25)12(10)20-13(22)8-3-1-2-4-9(8)14(20)23/h1-6H.